The molecule has 0 saturated heterocycles. The maximum atomic E-state index is 13.1. The molecule has 1 heterocycles. The van der Waals surface area contributed by atoms with E-state index < -0.39 is 0 Å². The van der Waals surface area contributed by atoms with Crippen LogP contribution in [0, 0.1) is 0 Å². The molecule has 30 heavy (non-hydrogen) atoms. The second kappa shape index (κ2) is 10.0. The van der Waals surface area contributed by atoms with Crippen molar-refractivity contribution >= 4 is 49.0 Å². The smallest absolute Gasteiger partial charge is 0.282 e. The molecule has 0 atom stereocenters. The SMILES string of the molecule is C=CCOc1cc(Br)c(C=Nn2c(CCC)nc3ccc(Br)cc3c2=O)cc1OC. The number of hydrogen-bond acceptors (Lipinski definition) is 5. The van der Waals surface area contributed by atoms with Crippen molar-refractivity contribution < 1.29 is 9.47 Å². The number of aromatic nitrogens is 2. The summed E-state index contributed by atoms with van der Waals surface area (Å²) in [7, 11) is 1.57. The monoisotopic (exact) mass is 533 g/mol. The molecule has 6 nitrogen and oxygen atoms in total. The molecule has 0 bridgehead atoms. The number of aryl methyl sites for hydroxylation is 1. The summed E-state index contributed by atoms with van der Waals surface area (Å²) in [6.45, 7) is 6.06. The topological polar surface area (TPSA) is 65.7 Å². The van der Waals surface area contributed by atoms with Crippen molar-refractivity contribution in [1.82, 2.24) is 9.66 Å². The lowest BCUT2D eigenvalue weighted by molar-refractivity contribution is 0.326. The zero-order valence-corrected chi connectivity index (χ0v) is 19.9. The summed E-state index contributed by atoms with van der Waals surface area (Å²) in [5.74, 6) is 1.76. The van der Waals surface area contributed by atoms with Crippen LogP contribution in [0.25, 0.3) is 10.9 Å². The summed E-state index contributed by atoms with van der Waals surface area (Å²) in [6, 6.07) is 9.06. The van der Waals surface area contributed by atoms with Gasteiger partial charge in [0.2, 0.25) is 0 Å². The molecule has 0 unspecified atom stereocenters. The number of halogens is 2. The normalized spacial score (nSPS) is 11.2. The van der Waals surface area contributed by atoms with Gasteiger partial charge in [0.05, 0.1) is 24.2 Å². The van der Waals surface area contributed by atoms with Gasteiger partial charge in [-0.25, -0.2) is 4.98 Å². The van der Waals surface area contributed by atoms with Crippen molar-refractivity contribution in [1.29, 1.82) is 0 Å². The molecule has 0 spiro atoms. The number of fused-ring (bicyclic) bond motifs is 1. The van der Waals surface area contributed by atoms with Gasteiger partial charge in [0.25, 0.3) is 5.56 Å². The van der Waals surface area contributed by atoms with Crippen LogP contribution in [0.1, 0.15) is 24.7 Å². The van der Waals surface area contributed by atoms with Crippen LogP contribution in [-0.4, -0.2) is 29.6 Å². The van der Waals surface area contributed by atoms with Crippen LogP contribution in [0.2, 0.25) is 0 Å². The molecule has 0 saturated carbocycles. The minimum absolute atomic E-state index is 0.213. The van der Waals surface area contributed by atoms with Crippen LogP contribution in [0.3, 0.4) is 0 Å². The van der Waals surface area contributed by atoms with Gasteiger partial charge in [-0.2, -0.15) is 9.78 Å². The molecule has 0 aliphatic rings. The van der Waals surface area contributed by atoms with Gasteiger partial charge >= 0.3 is 0 Å². The van der Waals surface area contributed by atoms with E-state index in [0.29, 0.717) is 41.3 Å². The fourth-order valence-electron chi connectivity index (χ4n) is 2.89. The number of benzene rings is 2. The number of hydrogen-bond donors (Lipinski definition) is 0. The first-order valence-corrected chi connectivity index (χ1v) is 10.9. The summed E-state index contributed by atoms with van der Waals surface area (Å²) in [5, 5.41) is 4.97. The quantitative estimate of drug-likeness (QED) is 0.289. The van der Waals surface area contributed by atoms with Gasteiger partial charge in [-0.3, -0.25) is 4.79 Å². The molecule has 3 aromatic rings. The lowest BCUT2D eigenvalue weighted by Crippen LogP contribution is -2.22. The number of methoxy groups -OCH3 is 1. The highest BCUT2D eigenvalue weighted by atomic mass is 79.9. The van der Waals surface area contributed by atoms with Crippen molar-refractivity contribution in [3.05, 3.63) is 73.7 Å². The Morgan fingerprint density at radius 3 is 2.73 bits per heavy atom. The van der Waals surface area contributed by atoms with E-state index in [0.717, 1.165) is 20.9 Å². The number of rotatable bonds is 8. The Morgan fingerprint density at radius 1 is 1.23 bits per heavy atom. The van der Waals surface area contributed by atoms with E-state index in [1.54, 1.807) is 37.6 Å². The second-order valence-electron chi connectivity index (χ2n) is 6.43. The average molecular weight is 535 g/mol. The Labute approximate surface area is 191 Å². The maximum Gasteiger partial charge on any atom is 0.282 e. The molecule has 2 aromatic carbocycles. The Kier molecular flexibility index (Phi) is 7.44. The minimum Gasteiger partial charge on any atom is -0.493 e. The molecular formula is C22H21Br2N3O3. The Morgan fingerprint density at radius 2 is 2.03 bits per heavy atom. The van der Waals surface area contributed by atoms with Crippen molar-refractivity contribution in [2.45, 2.75) is 19.8 Å². The highest BCUT2D eigenvalue weighted by Crippen LogP contribution is 2.33. The van der Waals surface area contributed by atoms with Crippen LogP contribution >= 0.6 is 31.9 Å². The fourth-order valence-corrected chi connectivity index (χ4v) is 3.68. The lowest BCUT2D eigenvalue weighted by atomic mass is 10.2. The Bertz CT molecular complexity index is 1170. The van der Waals surface area contributed by atoms with Gasteiger partial charge in [0.1, 0.15) is 12.4 Å². The molecule has 0 N–H and O–H groups in total. The van der Waals surface area contributed by atoms with E-state index in [2.05, 4.69) is 48.5 Å². The summed E-state index contributed by atoms with van der Waals surface area (Å²) in [5.41, 5.74) is 1.18. The molecule has 0 fully saturated rings. The molecule has 8 heteroatoms. The fraction of sp³-hybridized carbons (Fsp3) is 0.227. The predicted molar refractivity (Wildman–Crippen MR) is 127 cm³/mol. The zero-order valence-electron chi connectivity index (χ0n) is 16.7. The first-order valence-electron chi connectivity index (χ1n) is 9.35. The second-order valence-corrected chi connectivity index (χ2v) is 8.20. The van der Waals surface area contributed by atoms with Crippen molar-refractivity contribution in [3.63, 3.8) is 0 Å². The lowest BCUT2D eigenvalue weighted by Gasteiger charge is -2.12. The molecule has 1 aromatic heterocycles. The van der Waals surface area contributed by atoms with Crippen molar-refractivity contribution in [3.8, 4) is 11.5 Å². The van der Waals surface area contributed by atoms with E-state index in [4.69, 9.17) is 9.47 Å². The molecular weight excluding hydrogens is 514 g/mol. The van der Waals surface area contributed by atoms with Gasteiger partial charge in [0, 0.05) is 20.9 Å². The first kappa shape index (κ1) is 22.2. The minimum atomic E-state index is -0.213. The van der Waals surface area contributed by atoms with E-state index >= 15 is 0 Å². The van der Waals surface area contributed by atoms with Crippen molar-refractivity contribution in [2.75, 3.05) is 13.7 Å². The Balaban J connectivity index is 2.09. The maximum absolute atomic E-state index is 13.1. The molecule has 156 valence electrons. The van der Waals surface area contributed by atoms with Gasteiger partial charge < -0.3 is 9.47 Å². The molecule has 3 rings (SSSR count). The third-order valence-electron chi connectivity index (χ3n) is 4.30. The number of nitrogens with zero attached hydrogens (tertiary/aromatic N) is 3. The Hall–Kier alpha value is -2.45. The van der Waals surface area contributed by atoms with E-state index in [9.17, 15) is 4.79 Å². The first-order chi connectivity index (χ1) is 14.5. The molecule has 0 aliphatic carbocycles. The van der Waals surface area contributed by atoms with Gasteiger partial charge in [-0.15, -0.1) is 0 Å². The molecule has 0 aliphatic heterocycles. The van der Waals surface area contributed by atoms with E-state index in [1.165, 1.54) is 4.68 Å². The summed E-state index contributed by atoms with van der Waals surface area (Å²) in [6.07, 6.45) is 4.75. The molecule has 0 radical (unpaired) electrons. The predicted octanol–water partition coefficient (Wildman–Crippen LogP) is 5.33. The van der Waals surface area contributed by atoms with Gasteiger partial charge in [-0.1, -0.05) is 35.5 Å². The number of ether oxygens (including phenoxy) is 2. The van der Waals surface area contributed by atoms with E-state index in [1.807, 2.05) is 19.1 Å². The largest absolute Gasteiger partial charge is 0.493 e. The van der Waals surface area contributed by atoms with Crippen LogP contribution in [0.15, 0.2) is 61.8 Å². The summed E-state index contributed by atoms with van der Waals surface area (Å²) in [4.78, 5) is 17.7. The summed E-state index contributed by atoms with van der Waals surface area (Å²) >= 11 is 6.94. The van der Waals surface area contributed by atoms with Crippen LogP contribution in [0.4, 0.5) is 0 Å². The standard InChI is InChI=1S/C22H21Br2N3O3/c1-4-6-21-26-18-8-7-15(23)11-16(18)22(28)27(21)25-13-14-10-19(29-3)20(12-17(14)24)30-9-5-2/h5,7-8,10-13H,2,4,6,9H2,1,3H3. The van der Waals surface area contributed by atoms with Crippen LogP contribution in [-0.2, 0) is 6.42 Å². The highest BCUT2D eigenvalue weighted by Gasteiger charge is 2.12. The van der Waals surface area contributed by atoms with Gasteiger partial charge in [-0.05, 0) is 52.7 Å². The zero-order chi connectivity index (χ0) is 21.7. The van der Waals surface area contributed by atoms with Gasteiger partial charge in [0.15, 0.2) is 11.5 Å². The highest BCUT2D eigenvalue weighted by molar-refractivity contribution is 9.10. The van der Waals surface area contributed by atoms with E-state index in [-0.39, 0.29) is 5.56 Å². The molecule has 0 amide bonds. The third-order valence-corrected chi connectivity index (χ3v) is 5.48. The van der Waals surface area contributed by atoms with Crippen LogP contribution < -0.4 is 15.0 Å². The summed E-state index contributed by atoms with van der Waals surface area (Å²) < 4.78 is 14.0. The van der Waals surface area contributed by atoms with Crippen LogP contribution in [0.5, 0.6) is 11.5 Å². The average Bonchev–Trinajstić information content (AvgIpc) is 2.73. The third kappa shape index (κ3) is 4.82. The van der Waals surface area contributed by atoms with Crippen molar-refractivity contribution in [2.24, 2.45) is 5.10 Å².